The van der Waals surface area contributed by atoms with Crippen LogP contribution in [0.1, 0.15) is 12.8 Å². The number of hydrogen-bond donors (Lipinski definition) is 2. The van der Waals surface area contributed by atoms with Crippen LogP contribution in [0.2, 0.25) is 0 Å². The van der Waals surface area contributed by atoms with Gasteiger partial charge < -0.3 is 15.8 Å². The molecule has 84 valence electrons. The monoisotopic (exact) mass is 219 g/mol. The Morgan fingerprint density at radius 3 is 3.12 bits per heavy atom. The molecule has 1 aromatic rings. The number of carbonyl (C=O) groups is 1. The van der Waals surface area contributed by atoms with Gasteiger partial charge in [0, 0.05) is 18.2 Å². The van der Waals surface area contributed by atoms with E-state index < -0.39 is 6.10 Å². The van der Waals surface area contributed by atoms with E-state index in [1.165, 1.54) is 0 Å². The first-order chi connectivity index (χ1) is 7.75. The Labute approximate surface area is 93.0 Å². The maximum Gasteiger partial charge on any atom is 0.267 e. The number of fused-ring (bicyclic) bond motifs is 1. The van der Waals surface area contributed by atoms with E-state index in [4.69, 9.17) is 10.5 Å². The fraction of sp³-hybridized carbons (Fsp3) is 0.455. The number of carbonyl (C=O) groups excluding carboxylic acids is 1. The molecule has 1 aliphatic carbocycles. The van der Waals surface area contributed by atoms with Crippen LogP contribution >= 0.6 is 0 Å². The summed E-state index contributed by atoms with van der Waals surface area (Å²) in [5, 5.41) is 2.76. The van der Waals surface area contributed by atoms with Crippen LogP contribution in [0.5, 0.6) is 5.75 Å². The molecule has 2 aliphatic rings. The summed E-state index contributed by atoms with van der Waals surface area (Å²) in [5.41, 5.74) is 5.55. The zero-order chi connectivity index (χ0) is 11.2. The van der Waals surface area contributed by atoms with Crippen molar-refractivity contribution >= 4 is 11.7 Å². The van der Waals surface area contributed by atoms with E-state index in [2.05, 4.69) is 10.3 Å². The Morgan fingerprint density at radius 1 is 1.62 bits per heavy atom. The van der Waals surface area contributed by atoms with E-state index >= 15 is 0 Å². The first-order valence-electron chi connectivity index (χ1n) is 5.38. The lowest BCUT2D eigenvalue weighted by molar-refractivity contribution is -0.126. The van der Waals surface area contributed by atoms with E-state index in [1.54, 1.807) is 18.3 Å². The zero-order valence-corrected chi connectivity index (χ0v) is 8.77. The molecule has 5 nitrogen and oxygen atoms in total. The van der Waals surface area contributed by atoms with Gasteiger partial charge in [0.05, 0.1) is 0 Å². The van der Waals surface area contributed by atoms with Crippen LogP contribution < -0.4 is 15.8 Å². The van der Waals surface area contributed by atoms with Crippen LogP contribution in [-0.2, 0) is 4.79 Å². The van der Waals surface area contributed by atoms with Crippen molar-refractivity contribution in [3.63, 3.8) is 0 Å². The van der Waals surface area contributed by atoms with Gasteiger partial charge in [0.1, 0.15) is 0 Å². The minimum atomic E-state index is -0.464. The number of hydrogen-bond acceptors (Lipinski definition) is 4. The molecule has 1 saturated carbocycles. The van der Waals surface area contributed by atoms with Crippen LogP contribution in [0, 0.1) is 5.41 Å². The fourth-order valence-corrected chi connectivity index (χ4v) is 2.08. The predicted octanol–water partition coefficient (Wildman–Crippen LogP) is 0.520. The zero-order valence-electron chi connectivity index (χ0n) is 8.77. The van der Waals surface area contributed by atoms with Gasteiger partial charge in [-0.15, -0.1) is 0 Å². The van der Waals surface area contributed by atoms with Gasteiger partial charge >= 0.3 is 0 Å². The van der Waals surface area contributed by atoms with Gasteiger partial charge in [-0.3, -0.25) is 4.79 Å². The van der Waals surface area contributed by atoms with Crippen molar-refractivity contribution in [2.75, 3.05) is 11.9 Å². The predicted molar refractivity (Wildman–Crippen MR) is 58.0 cm³/mol. The van der Waals surface area contributed by atoms with Crippen molar-refractivity contribution < 1.29 is 9.53 Å². The Bertz CT molecular complexity index is 443. The molecule has 0 aromatic carbocycles. The molecule has 1 aromatic heterocycles. The summed E-state index contributed by atoms with van der Waals surface area (Å²) >= 11 is 0. The largest absolute Gasteiger partial charge is 0.476 e. The summed E-state index contributed by atoms with van der Waals surface area (Å²) in [4.78, 5) is 15.9. The maximum absolute atomic E-state index is 11.9. The topological polar surface area (TPSA) is 77.2 Å². The molecule has 2 heterocycles. The molecule has 16 heavy (non-hydrogen) atoms. The number of anilines is 1. The number of amides is 1. The Balaban J connectivity index is 1.93. The smallest absolute Gasteiger partial charge is 0.267 e. The van der Waals surface area contributed by atoms with Crippen LogP contribution in [-0.4, -0.2) is 23.5 Å². The number of rotatable bonds is 2. The summed E-state index contributed by atoms with van der Waals surface area (Å²) in [6.07, 6.45) is 3.07. The first-order valence-corrected chi connectivity index (χ1v) is 5.38. The number of aromatic nitrogens is 1. The van der Waals surface area contributed by atoms with E-state index in [-0.39, 0.29) is 11.3 Å². The number of nitrogens with zero attached hydrogens (tertiary/aromatic N) is 1. The minimum Gasteiger partial charge on any atom is -0.476 e. The van der Waals surface area contributed by atoms with E-state index in [1.807, 2.05) is 0 Å². The third kappa shape index (κ3) is 1.28. The average Bonchev–Trinajstić information content (AvgIpc) is 3.09. The molecular formula is C11H13N3O2. The van der Waals surface area contributed by atoms with Crippen LogP contribution in [0.4, 0.5) is 5.82 Å². The highest BCUT2D eigenvalue weighted by Gasteiger charge is 2.54. The lowest BCUT2D eigenvalue weighted by Crippen LogP contribution is -2.46. The van der Waals surface area contributed by atoms with Crippen LogP contribution in [0.25, 0.3) is 0 Å². The fourth-order valence-electron chi connectivity index (χ4n) is 2.08. The second-order valence-corrected chi connectivity index (χ2v) is 4.40. The number of pyridine rings is 1. The highest BCUT2D eigenvalue weighted by molar-refractivity contribution is 5.97. The molecule has 1 amide bonds. The first kappa shape index (κ1) is 9.59. The highest BCUT2D eigenvalue weighted by Crippen LogP contribution is 2.50. The maximum atomic E-state index is 11.9. The quantitative estimate of drug-likeness (QED) is 0.760. The highest BCUT2D eigenvalue weighted by atomic mass is 16.5. The second-order valence-electron chi connectivity index (χ2n) is 4.40. The molecule has 5 heteroatoms. The molecular weight excluding hydrogens is 206 g/mol. The summed E-state index contributed by atoms with van der Waals surface area (Å²) < 4.78 is 5.71. The third-order valence-corrected chi connectivity index (χ3v) is 3.35. The Hall–Kier alpha value is -1.62. The Kier molecular flexibility index (Phi) is 1.91. The van der Waals surface area contributed by atoms with Gasteiger partial charge in [-0.25, -0.2) is 4.98 Å². The molecule has 0 bridgehead atoms. The standard InChI is InChI=1S/C11H13N3O2/c12-6-11(3-4-11)8-10(15)14-9-7(16-8)2-1-5-13-9/h1-2,5,8H,3-4,6,12H2,(H,13,14,15). The number of ether oxygens (including phenoxy) is 1. The van der Waals surface area contributed by atoms with Gasteiger partial charge in [-0.05, 0) is 25.0 Å². The van der Waals surface area contributed by atoms with Crippen molar-refractivity contribution in [3.8, 4) is 5.75 Å². The molecule has 0 radical (unpaired) electrons. The Morgan fingerprint density at radius 2 is 2.44 bits per heavy atom. The van der Waals surface area contributed by atoms with Crippen LogP contribution in [0.15, 0.2) is 18.3 Å². The second kappa shape index (κ2) is 3.18. The molecule has 1 unspecified atom stereocenters. The number of nitrogens with one attached hydrogen (secondary N) is 1. The van der Waals surface area contributed by atoms with Crippen molar-refractivity contribution in [3.05, 3.63) is 18.3 Å². The van der Waals surface area contributed by atoms with Gasteiger partial charge in [0.15, 0.2) is 17.7 Å². The molecule has 3 N–H and O–H groups in total. The summed E-state index contributed by atoms with van der Waals surface area (Å²) in [5.74, 6) is 0.998. The van der Waals surface area contributed by atoms with Crippen LogP contribution in [0.3, 0.4) is 0 Å². The summed E-state index contributed by atoms with van der Waals surface area (Å²) in [7, 11) is 0. The molecule has 1 aliphatic heterocycles. The number of nitrogens with two attached hydrogens (primary N) is 1. The third-order valence-electron chi connectivity index (χ3n) is 3.35. The lowest BCUT2D eigenvalue weighted by Gasteiger charge is -2.30. The molecule has 1 fully saturated rings. The van der Waals surface area contributed by atoms with Gasteiger partial charge in [0.25, 0.3) is 5.91 Å². The lowest BCUT2D eigenvalue weighted by atomic mass is 9.97. The van der Waals surface area contributed by atoms with E-state index in [0.29, 0.717) is 18.1 Å². The van der Waals surface area contributed by atoms with Crippen molar-refractivity contribution in [1.29, 1.82) is 0 Å². The summed E-state index contributed by atoms with van der Waals surface area (Å²) in [6.45, 7) is 0.487. The van der Waals surface area contributed by atoms with Crippen molar-refractivity contribution in [2.45, 2.75) is 18.9 Å². The van der Waals surface area contributed by atoms with Gasteiger partial charge in [0.2, 0.25) is 0 Å². The SMILES string of the molecule is NCC1(C2Oc3cccnc3NC2=O)CC1. The van der Waals surface area contributed by atoms with E-state index in [0.717, 1.165) is 12.8 Å². The van der Waals surface area contributed by atoms with Gasteiger partial charge in [-0.2, -0.15) is 0 Å². The summed E-state index contributed by atoms with van der Waals surface area (Å²) in [6, 6.07) is 3.59. The average molecular weight is 219 g/mol. The van der Waals surface area contributed by atoms with Gasteiger partial charge in [-0.1, -0.05) is 0 Å². The normalized spacial score (nSPS) is 25.3. The minimum absolute atomic E-state index is 0.130. The van der Waals surface area contributed by atoms with E-state index in [9.17, 15) is 4.79 Å². The molecule has 3 rings (SSSR count). The van der Waals surface area contributed by atoms with Crippen molar-refractivity contribution in [1.82, 2.24) is 4.98 Å². The molecule has 0 saturated heterocycles. The molecule has 0 spiro atoms. The molecule has 1 atom stereocenters. The van der Waals surface area contributed by atoms with Crippen molar-refractivity contribution in [2.24, 2.45) is 11.1 Å².